The highest BCUT2D eigenvalue weighted by Gasteiger charge is 2.20. The number of carbonyl (C=O) groups excluding carboxylic acids is 1. The normalized spacial score (nSPS) is 11.6. The zero-order valence-electron chi connectivity index (χ0n) is 18.8. The minimum Gasteiger partial charge on any atom is -0.493 e. The molecular weight excluding hydrogens is 418 g/mol. The summed E-state index contributed by atoms with van der Waals surface area (Å²) in [5.41, 5.74) is 3.85. The van der Waals surface area contributed by atoms with Gasteiger partial charge in [-0.2, -0.15) is 0 Å². The van der Waals surface area contributed by atoms with Gasteiger partial charge in [0, 0.05) is 41.7 Å². The summed E-state index contributed by atoms with van der Waals surface area (Å²) in [6, 6.07) is 21.4. The fourth-order valence-corrected chi connectivity index (χ4v) is 4.00. The van der Waals surface area contributed by atoms with Gasteiger partial charge < -0.3 is 29.8 Å². The van der Waals surface area contributed by atoms with Crippen molar-refractivity contribution in [3.63, 3.8) is 0 Å². The van der Waals surface area contributed by atoms with Crippen molar-refractivity contribution in [1.82, 2.24) is 10.3 Å². The number of para-hydroxylation sites is 1. The molecule has 0 aliphatic rings. The number of hydrogen-bond acceptors (Lipinski definition) is 4. The molecule has 4 rings (SSSR count). The Morgan fingerprint density at radius 2 is 1.58 bits per heavy atom. The van der Waals surface area contributed by atoms with E-state index in [1.165, 1.54) is 21.3 Å². The second kappa shape index (κ2) is 9.99. The molecular formula is C26H27N3O4. The van der Waals surface area contributed by atoms with Crippen molar-refractivity contribution in [3.05, 3.63) is 84.1 Å². The van der Waals surface area contributed by atoms with Crippen LogP contribution in [0.1, 0.15) is 17.0 Å². The van der Waals surface area contributed by atoms with Gasteiger partial charge >= 0.3 is 6.03 Å². The second-order valence-corrected chi connectivity index (χ2v) is 7.50. The first-order valence-electron chi connectivity index (χ1n) is 10.6. The van der Waals surface area contributed by atoms with Crippen LogP contribution in [0.2, 0.25) is 0 Å². The molecule has 1 heterocycles. The maximum atomic E-state index is 12.8. The maximum absolute atomic E-state index is 12.8. The molecule has 4 aromatic rings. The average molecular weight is 446 g/mol. The zero-order valence-corrected chi connectivity index (χ0v) is 18.8. The Morgan fingerprint density at radius 3 is 2.24 bits per heavy atom. The van der Waals surface area contributed by atoms with Gasteiger partial charge in [0.2, 0.25) is 5.75 Å². The third-order valence-electron chi connectivity index (χ3n) is 5.59. The summed E-state index contributed by atoms with van der Waals surface area (Å²) in [5, 5.41) is 7.01. The van der Waals surface area contributed by atoms with Crippen molar-refractivity contribution < 1.29 is 19.0 Å². The fraction of sp³-hybridized carbons (Fsp3) is 0.192. The summed E-state index contributed by atoms with van der Waals surface area (Å²) in [7, 11) is 4.61. The molecule has 7 heteroatoms. The number of anilines is 1. The average Bonchev–Trinajstić information content (AvgIpc) is 3.28. The summed E-state index contributed by atoms with van der Waals surface area (Å²) in [6.45, 7) is 0.419. The number of H-pyrrole nitrogens is 1. The van der Waals surface area contributed by atoms with Crippen LogP contribution in [0.15, 0.2) is 72.9 Å². The quantitative estimate of drug-likeness (QED) is 0.350. The van der Waals surface area contributed by atoms with Crippen LogP contribution in [0.25, 0.3) is 10.9 Å². The van der Waals surface area contributed by atoms with Crippen molar-refractivity contribution in [2.24, 2.45) is 0 Å². The van der Waals surface area contributed by atoms with Crippen LogP contribution in [-0.4, -0.2) is 38.9 Å². The molecule has 0 bridgehead atoms. The van der Waals surface area contributed by atoms with Crippen LogP contribution in [-0.2, 0) is 0 Å². The Morgan fingerprint density at radius 1 is 0.909 bits per heavy atom. The Labute approximate surface area is 192 Å². The second-order valence-electron chi connectivity index (χ2n) is 7.50. The number of methoxy groups -OCH3 is 3. The monoisotopic (exact) mass is 445 g/mol. The number of rotatable bonds is 8. The number of fused-ring (bicyclic) bond motifs is 1. The topological polar surface area (TPSA) is 84.6 Å². The molecule has 1 atom stereocenters. The molecule has 0 fully saturated rings. The van der Waals surface area contributed by atoms with Gasteiger partial charge in [-0.3, -0.25) is 0 Å². The highest BCUT2D eigenvalue weighted by Crippen LogP contribution is 2.40. The predicted molar refractivity (Wildman–Crippen MR) is 130 cm³/mol. The molecule has 0 saturated heterocycles. The first kappa shape index (κ1) is 22.1. The molecule has 33 heavy (non-hydrogen) atoms. The minimum absolute atomic E-state index is 0.0203. The number of carbonyl (C=O) groups is 1. The molecule has 0 saturated carbocycles. The smallest absolute Gasteiger partial charge is 0.319 e. The number of urea groups is 1. The van der Waals surface area contributed by atoms with E-state index in [1.807, 2.05) is 42.6 Å². The van der Waals surface area contributed by atoms with Crippen LogP contribution in [0, 0.1) is 0 Å². The summed E-state index contributed by atoms with van der Waals surface area (Å²) < 4.78 is 16.1. The molecule has 0 radical (unpaired) electrons. The zero-order chi connectivity index (χ0) is 23.2. The molecule has 3 aromatic carbocycles. The number of ether oxygens (including phenoxy) is 3. The Balaban J connectivity index is 1.55. The van der Waals surface area contributed by atoms with E-state index in [-0.39, 0.29) is 11.9 Å². The van der Waals surface area contributed by atoms with E-state index in [4.69, 9.17) is 14.2 Å². The molecule has 7 nitrogen and oxygen atoms in total. The lowest BCUT2D eigenvalue weighted by Crippen LogP contribution is -2.32. The number of hydrogen-bond donors (Lipinski definition) is 3. The van der Waals surface area contributed by atoms with E-state index in [0.29, 0.717) is 29.5 Å². The van der Waals surface area contributed by atoms with Crippen molar-refractivity contribution in [3.8, 4) is 17.2 Å². The summed E-state index contributed by atoms with van der Waals surface area (Å²) in [5.74, 6) is 1.38. The van der Waals surface area contributed by atoms with Crippen molar-refractivity contribution in [2.75, 3.05) is 33.2 Å². The van der Waals surface area contributed by atoms with E-state index >= 15 is 0 Å². The van der Waals surface area contributed by atoms with Crippen molar-refractivity contribution in [2.45, 2.75) is 5.92 Å². The number of benzene rings is 3. The third-order valence-corrected chi connectivity index (χ3v) is 5.59. The molecule has 0 aliphatic carbocycles. The van der Waals surface area contributed by atoms with Gasteiger partial charge in [-0.1, -0.05) is 48.5 Å². The first-order chi connectivity index (χ1) is 16.1. The van der Waals surface area contributed by atoms with Gasteiger partial charge in [0.25, 0.3) is 0 Å². The standard InChI is InChI=1S/C26H27N3O4/c1-31-23-13-18(14-24(32-2)25(23)33-3)29-26(30)28-15-20(17-9-5-4-6-10-17)21-16-27-22-12-8-7-11-19(21)22/h4-14,16,20,27H,15H2,1-3H3,(H2,28,29,30). The summed E-state index contributed by atoms with van der Waals surface area (Å²) >= 11 is 0. The summed E-state index contributed by atoms with van der Waals surface area (Å²) in [6.07, 6.45) is 2.01. The minimum atomic E-state index is -0.329. The third kappa shape index (κ3) is 4.72. The molecule has 1 aromatic heterocycles. The molecule has 0 aliphatic heterocycles. The van der Waals surface area contributed by atoms with E-state index in [9.17, 15) is 4.79 Å². The molecule has 2 amide bonds. The Kier molecular flexibility index (Phi) is 6.69. The molecule has 0 spiro atoms. The van der Waals surface area contributed by atoms with Gasteiger partial charge in [0.15, 0.2) is 11.5 Å². The predicted octanol–water partition coefficient (Wildman–Crippen LogP) is 5.15. The van der Waals surface area contributed by atoms with Gasteiger partial charge in [-0.15, -0.1) is 0 Å². The lowest BCUT2D eigenvalue weighted by atomic mass is 9.91. The van der Waals surface area contributed by atoms with Gasteiger partial charge in [-0.25, -0.2) is 4.79 Å². The lowest BCUT2D eigenvalue weighted by Gasteiger charge is -2.19. The van der Waals surface area contributed by atoms with Crippen LogP contribution < -0.4 is 24.8 Å². The Bertz CT molecular complexity index is 1210. The van der Waals surface area contributed by atoms with Crippen molar-refractivity contribution >= 4 is 22.6 Å². The highest BCUT2D eigenvalue weighted by atomic mass is 16.5. The molecule has 1 unspecified atom stereocenters. The number of nitrogens with one attached hydrogen (secondary N) is 3. The van der Waals surface area contributed by atoms with Crippen LogP contribution in [0.5, 0.6) is 17.2 Å². The fourth-order valence-electron chi connectivity index (χ4n) is 4.00. The molecule has 170 valence electrons. The van der Waals surface area contributed by atoms with Gasteiger partial charge in [0.05, 0.1) is 27.0 Å². The van der Waals surface area contributed by atoms with E-state index < -0.39 is 0 Å². The van der Waals surface area contributed by atoms with Crippen LogP contribution in [0.3, 0.4) is 0 Å². The molecule has 3 N–H and O–H groups in total. The Hall–Kier alpha value is -4.13. The van der Waals surface area contributed by atoms with Gasteiger partial charge in [0.1, 0.15) is 0 Å². The maximum Gasteiger partial charge on any atom is 0.319 e. The van der Waals surface area contributed by atoms with Crippen LogP contribution in [0.4, 0.5) is 10.5 Å². The van der Waals surface area contributed by atoms with E-state index in [0.717, 1.165) is 22.0 Å². The van der Waals surface area contributed by atoms with Gasteiger partial charge in [-0.05, 0) is 17.2 Å². The number of aromatic nitrogens is 1. The largest absolute Gasteiger partial charge is 0.493 e. The van der Waals surface area contributed by atoms with Crippen LogP contribution >= 0.6 is 0 Å². The van der Waals surface area contributed by atoms with Crippen molar-refractivity contribution in [1.29, 1.82) is 0 Å². The summed E-state index contributed by atoms with van der Waals surface area (Å²) in [4.78, 5) is 16.1. The SMILES string of the molecule is COc1cc(NC(=O)NCC(c2ccccc2)c2c[nH]c3ccccc23)cc(OC)c1OC. The highest BCUT2D eigenvalue weighted by molar-refractivity contribution is 5.90. The van der Waals surface area contributed by atoms with E-state index in [2.05, 4.69) is 33.8 Å². The number of aromatic amines is 1. The van der Waals surface area contributed by atoms with E-state index in [1.54, 1.807) is 12.1 Å². The first-order valence-corrected chi connectivity index (χ1v) is 10.6. The number of amides is 2. The lowest BCUT2D eigenvalue weighted by molar-refractivity contribution is 0.252.